The summed E-state index contributed by atoms with van der Waals surface area (Å²) in [5.41, 5.74) is 1.50. The van der Waals surface area contributed by atoms with Crippen molar-refractivity contribution in [1.29, 1.82) is 0 Å². The number of benzene rings is 1. The largest absolute Gasteiger partial charge is 0.402 e. The first kappa shape index (κ1) is 15.3. The maximum absolute atomic E-state index is 12.8. The fraction of sp³-hybridized carbons (Fsp3) is 0.200. The van der Waals surface area contributed by atoms with E-state index in [1.807, 2.05) is 13.8 Å². The number of thiazole rings is 1. The Balaban J connectivity index is 1.68. The number of anilines is 1. The van der Waals surface area contributed by atoms with E-state index in [1.165, 1.54) is 23.5 Å². The second kappa shape index (κ2) is 6.25. The lowest BCUT2D eigenvalue weighted by Crippen LogP contribution is -2.14. The van der Waals surface area contributed by atoms with E-state index in [4.69, 9.17) is 4.42 Å². The minimum Gasteiger partial charge on any atom is -0.402 e. The lowest BCUT2D eigenvalue weighted by Gasteiger charge is -2.00. The van der Waals surface area contributed by atoms with Crippen LogP contribution in [0.3, 0.4) is 0 Å². The molecule has 0 aliphatic rings. The number of hydrogen-bond acceptors (Lipinski definition) is 6. The summed E-state index contributed by atoms with van der Waals surface area (Å²) >= 11 is 1.45. The van der Waals surface area contributed by atoms with Gasteiger partial charge in [0.15, 0.2) is 0 Å². The Morgan fingerprint density at radius 1 is 1.26 bits per heavy atom. The molecule has 0 bridgehead atoms. The highest BCUT2D eigenvalue weighted by Crippen LogP contribution is 2.29. The van der Waals surface area contributed by atoms with Gasteiger partial charge in [0.1, 0.15) is 10.7 Å². The predicted octanol–water partition coefficient (Wildman–Crippen LogP) is 3.13. The summed E-state index contributed by atoms with van der Waals surface area (Å²) in [4.78, 5) is 17.0. The molecule has 0 spiro atoms. The van der Waals surface area contributed by atoms with Crippen LogP contribution in [0.1, 0.15) is 16.3 Å². The average Bonchev–Trinajstić information content (AvgIpc) is 3.07. The number of aryl methyl sites for hydroxylation is 2. The zero-order valence-electron chi connectivity index (χ0n) is 12.5. The molecule has 1 N–H and O–H groups in total. The zero-order chi connectivity index (χ0) is 16.4. The Hall–Kier alpha value is -2.61. The minimum absolute atomic E-state index is 0.0255. The lowest BCUT2D eigenvalue weighted by atomic mass is 10.1. The molecule has 1 amide bonds. The van der Waals surface area contributed by atoms with Crippen molar-refractivity contribution in [3.8, 4) is 10.8 Å². The van der Waals surface area contributed by atoms with Gasteiger partial charge in [0, 0.05) is 0 Å². The van der Waals surface area contributed by atoms with Crippen LogP contribution in [-0.2, 0) is 11.2 Å². The topological polar surface area (TPSA) is 80.9 Å². The van der Waals surface area contributed by atoms with Gasteiger partial charge in [-0.3, -0.25) is 10.1 Å². The van der Waals surface area contributed by atoms with Crippen molar-refractivity contribution in [1.82, 2.24) is 15.2 Å². The van der Waals surface area contributed by atoms with Crippen LogP contribution in [0, 0.1) is 19.7 Å². The summed E-state index contributed by atoms with van der Waals surface area (Å²) in [6.45, 7) is 3.75. The quantitative estimate of drug-likeness (QED) is 0.794. The van der Waals surface area contributed by atoms with Crippen LogP contribution in [0.25, 0.3) is 10.8 Å². The number of halogens is 1. The molecule has 0 saturated heterocycles. The van der Waals surface area contributed by atoms with Crippen LogP contribution >= 0.6 is 11.3 Å². The lowest BCUT2D eigenvalue weighted by molar-refractivity contribution is -0.115. The van der Waals surface area contributed by atoms with Gasteiger partial charge >= 0.3 is 6.01 Å². The normalized spacial score (nSPS) is 10.7. The summed E-state index contributed by atoms with van der Waals surface area (Å²) in [5, 5.41) is 11.2. The monoisotopic (exact) mass is 332 g/mol. The van der Waals surface area contributed by atoms with Gasteiger partial charge < -0.3 is 4.42 Å². The van der Waals surface area contributed by atoms with E-state index in [0.29, 0.717) is 11.5 Å². The van der Waals surface area contributed by atoms with Crippen LogP contribution in [0.15, 0.2) is 28.7 Å². The average molecular weight is 332 g/mol. The van der Waals surface area contributed by atoms with E-state index in [-0.39, 0.29) is 24.2 Å². The molecule has 0 radical (unpaired) electrons. The number of rotatable bonds is 4. The highest BCUT2D eigenvalue weighted by molar-refractivity contribution is 7.15. The summed E-state index contributed by atoms with van der Waals surface area (Å²) < 4.78 is 18.3. The maximum Gasteiger partial charge on any atom is 0.322 e. The standard InChI is InChI=1S/C15H13FN4O2S/c1-8-13(23-9(2)17-8)14-19-20-15(22-14)18-12(21)7-10-3-5-11(16)6-4-10/h3-6H,7H2,1-2H3,(H,18,20,21). The Morgan fingerprint density at radius 3 is 2.65 bits per heavy atom. The molecule has 2 heterocycles. The van der Waals surface area contributed by atoms with E-state index in [9.17, 15) is 9.18 Å². The van der Waals surface area contributed by atoms with Gasteiger partial charge in [-0.05, 0) is 31.5 Å². The van der Waals surface area contributed by atoms with Gasteiger partial charge in [-0.2, -0.15) is 0 Å². The van der Waals surface area contributed by atoms with Gasteiger partial charge in [-0.1, -0.05) is 17.2 Å². The van der Waals surface area contributed by atoms with Crippen LogP contribution in [0.5, 0.6) is 0 Å². The molecule has 3 rings (SSSR count). The summed E-state index contributed by atoms with van der Waals surface area (Å²) in [5.74, 6) is -0.333. The highest BCUT2D eigenvalue weighted by atomic mass is 32.1. The van der Waals surface area contributed by atoms with Gasteiger partial charge in [0.05, 0.1) is 17.1 Å². The molecule has 0 unspecified atom stereocenters. The fourth-order valence-corrected chi connectivity index (χ4v) is 2.89. The molecule has 0 aliphatic heterocycles. The molecule has 6 nitrogen and oxygen atoms in total. The molecule has 23 heavy (non-hydrogen) atoms. The molecule has 0 saturated carbocycles. The van der Waals surface area contributed by atoms with Crippen molar-refractivity contribution in [2.45, 2.75) is 20.3 Å². The number of amides is 1. The summed E-state index contributed by atoms with van der Waals surface area (Å²) in [7, 11) is 0. The van der Waals surface area contributed by atoms with Crippen molar-refractivity contribution >= 4 is 23.3 Å². The van der Waals surface area contributed by atoms with Gasteiger partial charge in [-0.25, -0.2) is 9.37 Å². The second-order valence-electron chi connectivity index (χ2n) is 4.91. The molecular weight excluding hydrogens is 319 g/mol. The molecule has 3 aromatic rings. The molecular formula is C15H13FN4O2S. The van der Waals surface area contributed by atoms with E-state index in [2.05, 4.69) is 20.5 Å². The van der Waals surface area contributed by atoms with E-state index in [0.717, 1.165) is 15.6 Å². The Morgan fingerprint density at radius 2 is 2.00 bits per heavy atom. The van der Waals surface area contributed by atoms with Crippen molar-refractivity contribution in [2.75, 3.05) is 5.32 Å². The highest BCUT2D eigenvalue weighted by Gasteiger charge is 2.16. The molecule has 8 heteroatoms. The van der Waals surface area contributed by atoms with Crippen LogP contribution in [0.2, 0.25) is 0 Å². The fourth-order valence-electron chi connectivity index (χ4n) is 2.05. The summed E-state index contributed by atoms with van der Waals surface area (Å²) in [6, 6.07) is 5.75. The third kappa shape index (κ3) is 3.59. The third-order valence-corrected chi connectivity index (χ3v) is 4.11. The first-order valence-electron chi connectivity index (χ1n) is 6.83. The Kier molecular flexibility index (Phi) is 4.16. The van der Waals surface area contributed by atoms with Gasteiger partial charge in [-0.15, -0.1) is 16.4 Å². The van der Waals surface area contributed by atoms with Gasteiger partial charge in [0.25, 0.3) is 5.89 Å². The van der Waals surface area contributed by atoms with Crippen molar-refractivity contribution in [3.05, 3.63) is 46.3 Å². The SMILES string of the molecule is Cc1nc(C)c(-c2nnc(NC(=O)Cc3ccc(F)cc3)o2)s1. The van der Waals surface area contributed by atoms with Crippen molar-refractivity contribution < 1.29 is 13.6 Å². The number of aromatic nitrogens is 3. The molecule has 0 aliphatic carbocycles. The second-order valence-corrected chi connectivity index (χ2v) is 6.11. The van der Waals surface area contributed by atoms with E-state index < -0.39 is 0 Å². The number of carbonyl (C=O) groups is 1. The maximum atomic E-state index is 12.8. The minimum atomic E-state index is -0.342. The smallest absolute Gasteiger partial charge is 0.322 e. The van der Waals surface area contributed by atoms with Crippen molar-refractivity contribution in [2.24, 2.45) is 0 Å². The number of nitrogens with one attached hydrogen (secondary N) is 1. The van der Waals surface area contributed by atoms with E-state index >= 15 is 0 Å². The molecule has 118 valence electrons. The number of nitrogens with zero attached hydrogens (tertiary/aromatic N) is 3. The number of carbonyl (C=O) groups excluding carboxylic acids is 1. The Labute approximate surface area is 135 Å². The molecule has 0 atom stereocenters. The number of hydrogen-bond donors (Lipinski definition) is 1. The zero-order valence-corrected chi connectivity index (χ0v) is 13.3. The molecule has 1 aromatic carbocycles. The summed E-state index contributed by atoms with van der Waals surface area (Å²) in [6.07, 6.45) is 0.0939. The van der Waals surface area contributed by atoms with Crippen molar-refractivity contribution in [3.63, 3.8) is 0 Å². The Bertz CT molecular complexity index is 842. The molecule has 2 aromatic heterocycles. The van der Waals surface area contributed by atoms with Crippen LogP contribution in [0.4, 0.5) is 10.4 Å². The molecule has 0 fully saturated rings. The first-order chi connectivity index (χ1) is 11.0. The first-order valence-corrected chi connectivity index (χ1v) is 7.65. The third-order valence-electron chi connectivity index (χ3n) is 3.05. The predicted molar refractivity (Wildman–Crippen MR) is 83.6 cm³/mol. The van der Waals surface area contributed by atoms with Gasteiger partial charge in [0.2, 0.25) is 5.91 Å². The van der Waals surface area contributed by atoms with E-state index in [1.54, 1.807) is 12.1 Å². The van der Waals surface area contributed by atoms with Crippen LogP contribution < -0.4 is 5.32 Å². The van der Waals surface area contributed by atoms with Crippen LogP contribution in [-0.4, -0.2) is 21.1 Å².